The topological polar surface area (TPSA) is 410 Å². The van der Waals surface area contributed by atoms with Crippen molar-refractivity contribution >= 4 is 41.6 Å². The number of nitrogens with zero attached hydrogens (tertiary/aromatic N) is 2. The van der Waals surface area contributed by atoms with E-state index < -0.39 is 54.6 Å². The van der Waals surface area contributed by atoms with Crippen LogP contribution in [0.3, 0.4) is 0 Å². The zero-order valence-electron chi connectivity index (χ0n) is 19.5. The fourth-order valence-corrected chi connectivity index (χ4v) is 1.61. The van der Waals surface area contributed by atoms with Crippen molar-refractivity contribution in [3.63, 3.8) is 0 Å². The predicted molar refractivity (Wildman–Crippen MR) is 128 cm³/mol. The molecular weight excluding hydrogens is 492 g/mol. The molecule has 0 amide bonds. The minimum Gasteiger partial charge on any atom is -0.481 e. The van der Waals surface area contributed by atoms with Crippen LogP contribution in [0.15, 0.2) is 9.98 Å². The maximum Gasteiger partial charge on any atom is 0.372 e. The Morgan fingerprint density at radius 3 is 1.19 bits per heavy atom. The number of aliphatic imine (C=N–C) groups is 2. The van der Waals surface area contributed by atoms with Crippen molar-refractivity contribution in [2.75, 3.05) is 13.1 Å². The SMILES string of the molecule is NC(N)=NCCC[C@H](N)C(=O)O.NC(N)=NCCC[C@H](N)C(=O)O.O.O.O=C(O)CCC(=O)C(=O)O. The van der Waals surface area contributed by atoms with E-state index >= 15 is 0 Å². The highest BCUT2D eigenvalue weighted by molar-refractivity contribution is 6.32. The molecule has 0 bridgehead atoms. The molecule has 0 saturated carbocycles. The van der Waals surface area contributed by atoms with E-state index in [9.17, 15) is 24.0 Å². The van der Waals surface area contributed by atoms with Crippen LogP contribution in [0.25, 0.3) is 0 Å². The summed E-state index contributed by atoms with van der Waals surface area (Å²) in [5.41, 5.74) is 30.6. The number of aliphatic carboxylic acids is 4. The third-order valence-corrected chi connectivity index (χ3v) is 3.37. The second-order valence-corrected chi connectivity index (χ2v) is 6.41. The van der Waals surface area contributed by atoms with Crippen LogP contribution in [-0.2, 0) is 24.0 Å². The molecule has 0 aliphatic heterocycles. The number of carbonyl (C=O) groups is 5. The lowest BCUT2D eigenvalue weighted by molar-refractivity contribution is -0.149. The first-order chi connectivity index (χ1) is 15.6. The smallest absolute Gasteiger partial charge is 0.372 e. The average Bonchev–Trinajstić information content (AvgIpc) is 2.72. The van der Waals surface area contributed by atoms with Gasteiger partial charge in [-0.2, -0.15) is 0 Å². The third kappa shape index (κ3) is 34.5. The highest BCUT2D eigenvalue weighted by Gasteiger charge is 2.12. The summed E-state index contributed by atoms with van der Waals surface area (Å²) in [6.07, 6.45) is 1.05. The summed E-state index contributed by atoms with van der Waals surface area (Å²) in [7, 11) is 0. The van der Waals surface area contributed by atoms with Crippen molar-refractivity contribution in [1.82, 2.24) is 0 Å². The van der Waals surface area contributed by atoms with Crippen LogP contribution in [0.4, 0.5) is 0 Å². The van der Waals surface area contributed by atoms with Crippen molar-refractivity contribution in [3.05, 3.63) is 0 Å². The van der Waals surface area contributed by atoms with Gasteiger partial charge < -0.3 is 65.8 Å². The van der Waals surface area contributed by atoms with Crippen LogP contribution in [0.5, 0.6) is 0 Å². The Hall–Kier alpha value is -4.07. The molecule has 36 heavy (non-hydrogen) atoms. The van der Waals surface area contributed by atoms with Gasteiger partial charge in [-0.15, -0.1) is 0 Å². The molecule has 0 saturated heterocycles. The van der Waals surface area contributed by atoms with Gasteiger partial charge in [-0.1, -0.05) is 0 Å². The van der Waals surface area contributed by atoms with Crippen LogP contribution in [0.1, 0.15) is 38.5 Å². The summed E-state index contributed by atoms with van der Waals surface area (Å²) in [5.74, 6) is -5.80. The molecule has 2 atom stereocenters. The monoisotopic (exact) mass is 530 g/mol. The van der Waals surface area contributed by atoms with E-state index in [4.69, 9.17) is 54.8 Å². The molecule has 0 heterocycles. The van der Waals surface area contributed by atoms with E-state index in [1.165, 1.54) is 0 Å². The van der Waals surface area contributed by atoms with Gasteiger partial charge in [-0.3, -0.25) is 29.2 Å². The van der Waals surface area contributed by atoms with Crippen molar-refractivity contribution in [2.24, 2.45) is 44.4 Å². The summed E-state index contributed by atoms with van der Waals surface area (Å²) in [6, 6.07) is -1.64. The summed E-state index contributed by atoms with van der Waals surface area (Å²) in [6.45, 7) is 0.840. The second kappa shape index (κ2) is 25.6. The van der Waals surface area contributed by atoms with Crippen LogP contribution >= 0.6 is 0 Å². The molecule has 0 aromatic carbocycles. The molecule has 19 heteroatoms. The lowest BCUT2D eigenvalue weighted by Gasteiger charge is -2.03. The molecule has 0 fully saturated rings. The Bertz CT molecular complexity index is 683. The second-order valence-electron chi connectivity index (χ2n) is 6.41. The first-order valence-corrected chi connectivity index (χ1v) is 9.67. The Morgan fingerprint density at radius 2 is 0.972 bits per heavy atom. The molecule has 212 valence electrons. The van der Waals surface area contributed by atoms with E-state index in [2.05, 4.69) is 9.98 Å². The first kappa shape index (κ1) is 42.1. The number of carboxylic acid groups (broad SMARTS) is 4. The number of nitrogens with two attached hydrogens (primary N) is 6. The molecule has 0 aromatic rings. The highest BCUT2D eigenvalue weighted by Crippen LogP contribution is 1.95. The number of hydrogen-bond donors (Lipinski definition) is 10. The molecule has 0 aromatic heterocycles. The highest BCUT2D eigenvalue weighted by atomic mass is 16.4. The lowest BCUT2D eigenvalue weighted by atomic mass is 10.2. The van der Waals surface area contributed by atoms with E-state index in [-0.39, 0.29) is 22.9 Å². The largest absolute Gasteiger partial charge is 0.481 e. The predicted octanol–water partition coefficient (Wildman–Crippen LogP) is -5.24. The normalized spacial score (nSPS) is 10.5. The Kier molecular flexibility index (Phi) is 29.9. The molecule has 20 N–H and O–H groups in total. The Labute approximate surface area is 205 Å². The maximum absolute atomic E-state index is 10.2. The Morgan fingerprint density at radius 1 is 0.639 bits per heavy atom. The van der Waals surface area contributed by atoms with E-state index in [0.29, 0.717) is 38.8 Å². The standard InChI is InChI=1S/2C6H14N4O2.C5H6O5.2H2O/c2*7-4(5(11)12)2-1-3-10-6(8)9;6-3(5(9)10)1-2-4(7)8;;/h2*4H,1-3,7H2,(H,11,12)(H4,8,9,10);1-2H2,(H,7,8)(H,9,10);2*1H2/t2*4-;;;/m00.../s1. The van der Waals surface area contributed by atoms with Crippen LogP contribution in [0, 0.1) is 0 Å². The number of rotatable bonds is 14. The minimum atomic E-state index is -1.58. The quantitative estimate of drug-likeness (QED) is 0.0433. The lowest BCUT2D eigenvalue weighted by Crippen LogP contribution is -2.30. The van der Waals surface area contributed by atoms with E-state index in [1.807, 2.05) is 0 Å². The van der Waals surface area contributed by atoms with Gasteiger partial charge in [0.2, 0.25) is 5.78 Å². The first-order valence-electron chi connectivity index (χ1n) is 9.67. The van der Waals surface area contributed by atoms with Gasteiger partial charge in [0.1, 0.15) is 12.1 Å². The molecule has 19 nitrogen and oxygen atoms in total. The van der Waals surface area contributed by atoms with Crippen molar-refractivity contribution < 1.29 is 55.4 Å². The summed E-state index contributed by atoms with van der Waals surface area (Å²) in [5, 5.41) is 32.7. The molecule has 0 aliphatic rings. The van der Waals surface area contributed by atoms with Crippen LogP contribution < -0.4 is 34.4 Å². The molecular formula is C17H38N8O11. The number of carboxylic acids is 4. The van der Waals surface area contributed by atoms with Gasteiger partial charge >= 0.3 is 23.9 Å². The summed E-state index contributed by atoms with van der Waals surface area (Å²) < 4.78 is 0. The summed E-state index contributed by atoms with van der Waals surface area (Å²) in [4.78, 5) is 57.5. The maximum atomic E-state index is 10.2. The number of ketones is 1. The van der Waals surface area contributed by atoms with E-state index in [1.54, 1.807) is 0 Å². The van der Waals surface area contributed by atoms with Crippen molar-refractivity contribution in [3.8, 4) is 0 Å². The molecule has 0 unspecified atom stereocenters. The van der Waals surface area contributed by atoms with Gasteiger partial charge in [0.15, 0.2) is 11.9 Å². The molecule has 0 radical (unpaired) electrons. The fraction of sp³-hybridized carbons (Fsp3) is 0.588. The van der Waals surface area contributed by atoms with Crippen LogP contribution in [-0.4, -0.2) is 98.1 Å². The Balaban J connectivity index is -0.000000130. The van der Waals surface area contributed by atoms with Gasteiger partial charge in [-0.25, -0.2) is 4.79 Å². The zero-order chi connectivity index (χ0) is 27.3. The zero-order valence-corrected chi connectivity index (χ0v) is 19.5. The van der Waals surface area contributed by atoms with Crippen LogP contribution in [0.2, 0.25) is 0 Å². The third-order valence-electron chi connectivity index (χ3n) is 3.37. The van der Waals surface area contributed by atoms with Gasteiger partial charge in [0, 0.05) is 19.5 Å². The van der Waals surface area contributed by atoms with Gasteiger partial charge in [0.25, 0.3) is 0 Å². The molecule has 0 aliphatic carbocycles. The average molecular weight is 531 g/mol. The van der Waals surface area contributed by atoms with E-state index in [0.717, 1.165) is 0 Å². The number of hydrogen-bond acceptors (Lipinski definition) is 9. The number of carbonyl (C=O) groups excluding carboxylic acids is 1. The van der Waals surface area contributed by atoms with Gasteiger partial charge in [-0.05, 0) is 25.7 Å². The minimum absolute atomic E-state index is 0. The van der Waals surface area contributed by atoms with Gasteiger partial charge in [0.05, 0.1) is 6.42 Å². The number of guanidine groups is 2. The molecule has 0 spiro atoms. The number of Topliss-reactive ketones (excluding diaryl/α,β-unsaturated/α-hetero) is 1. The molecule has 0 rings (SSSR count). The van der Waals surface area contributed by atoms with Crippen molar-refractivity contribution in [2.45, 2.75) is 50.6 Å². The summed E-state index contributed by atoms with van der Waals surface area (Å²) >= 11 is 0. The fourth-order valence-electron chi connectivity index (χ4n) is 1.61. The van der Waals surface area contributed by atoms with Crippen molar-refractivity contribution in [1.29, 1.82) is 0 Å².